The molecule has 1 aliphatic carbocycles. The second-order valence-corrected chi connectivity index (χ2v) is 6.89. The molecular formula is C24H20O2. The van der Waals surface area contributed by atoms with Gasteiger partial charge in [-0.15, -0.1) is 0 Å². The first-order valence-corrected chi connectivity index (χ1v) is 8.74. The van der Waals surface area contributed by atoms with Gasteiger partial charge in [-0.25, -0.2) is 0 Å². The van der Waals surface area contributed by atoms with Gasteiger partial charge in [0.15, 0.2) is 5.78 Å². The molecule has 4 rings (SSSR count). The third-order valence-electron chi connectivity index (χ3n) is 5.14. The molecule has 0 spiro atoms. The van der Waals surface area contributed by atoms with E-state index in [2.05, 4.69) is 26.0 Å². The highest BCUT2D eigenvalue weighted by Gasteiger charge is 2.33. The summed E-state index contributed by atoms with van der Waals surface area (Å²) in [5.74, 6) is 0.0897. The van der Waals surface area contributed by atoms with Crippen LogP contribution >= 0.6 is 0 Å². The van der Waals surface area contributed by atoms with Crippen LogP contribution in [-0.4, -0.2) is 10.9 Å². The van der Waals surface area contributed by atoms with Gasteiger partial charge in [-0.1, -0.05) is 42.5 Å². The lowest BCUT2D eigenvalue weighted by Gasteiger charge is -2.15. The van der Waals surface area contributed by atoms with E-state index in [0.29, 0.717) is 5.56 Å². The maximum Gasteiger partial charge on any atom is 0.195 e. The molecule has 2 heteroatoms. The Morgan fingerprint density at radius 2 is 1.31 bits per heavy atom. The zero-order valence-electron chi connectivity index (χ0n) is 15.1. The number of phenols is 1. The molecule has 3 aromatic rings. The van der Waals surface area contributed by atoms with Gasteiger partial charge in [0.1, 0.15) is 5.75 Å². The summed E-state index contributed by atoms with van der Waals surface area (Å²) in [4.78, 5) is 13.3. The highest BCUT2D eigenvalue weighted by atomic mass is 16.3. The Hall–Kier alpha value is -3.13. The summed E-state index contributed by atoms with van der Waals surface area (Å²) in [7, 11) is 0. The van der Waals surface area contributed by atoms with E-state index < -0.39 is 0 Å². The number of aromatic hydroxyl groups is 1. The molecule has 0 aliphatic heterocycles. The molecule has 26 heavy (non-hydrogen) atoms. The lowest BCUT2D eigenvalue weighted by molar-refractivity contribution is 0.105. The second kappa shape index (κ2) is 5.99. The summed E-state index contributed by atoms with van der Waals surface area (Å²) in [5.41, 5.74) is 8.55. The van der Waals surface area contributed by atoms with Crippen molar-refractivity contribution in [3.63, 3.8) is 0 Å². The van der Waals surface area contributed by atoms with Gasteiger partial charge in [0.25, 0.3) is 0 Å². The van der Waals surface area contributed by atoms with Crippen LogP contribution in [0.2, 0.25) is 0 Å². The number of hydrogen-bond acceptors (Lipinski definition) is 2. The standard InChI is InChI=1S/C24H20O2/c1-14-7-4-5-10-18(14)23-22(21-15(2)8-6-9-16(21)3)19-12-11-17(25)13-20(19)24(23)26/h4-13,25H,1-3H3. The third-order valence-corrected chi connectivity index (χ3v) is 5.14. The van der Waals surface area contributed by atoms with Gasteiger partial charge in [-0.3, -0.25) is 4.79 Å². The number of carbonyl (C=O) groups excluding carboxylic acids is 1. The van der Waals surface area contributed by atoms with E-state index in [-0.39, 0.29) is 11.5 Å². The predicted octanol–water partition coefficient (Wildman–Crippen LogP) is 5.47. The van der Waals surface area contributed by atoms with Crippen LogP contribution in [0.15, 0.2) is 60.7 Å². The Kier molecular flexibility index (Phi) is 3.77. The van der Waals surface area contributed by atoms with Crippen molar-refractivity contribution < 1.29 is 9.90 Å². The van der Waals surface area contributed by atoms with E-state index in [1.807, 2.05) is 43.3 Å². The minimum atomic E-state index is -0.0251. The van der Waals surface area contributed by atoms with E-state index >= 15 is 0 Å². The van der Waals surface area contributed by atoms with Crippen LogP contribution in [0.5, 0.6) is 5.75 Å². The molecule has 0 radical (unpaired) electrons. The number of phenolic OH excluding ortho intramolecular Hbond substituents is 1. The lowest BCUT2D eigenvalue weighted by atomic mass is 9.88. The van der Waals surface area contributed by atoms with Gasteiger partial charge >= 0.3 is 0 Å². The molecule has 0 amide bonds. The van der Waals surface area contributed by atoms with Gasteiger partial charge in [-0.2, -0.15) is 0 Å². The van der Waals surface area contributed by atoms with Crippen molar-refractivity contribution in [2.75, 3.05) is 0 Å². The monoisotopic (exact) mass is 340 g/mol. The fourth-order valence-electron chi connectivity index (χ4n) is 3.90. The summed E-state index contributed by atoms with van der Waals surface area (Å²) in [6.45, 7) is 6.18. The Morgan fingerprint density at radius 1 is 0.654 bits per heavy atom. The topological polar surface area (TPSA) is 37.3 Å². The summed E-state index contributed by atoms with van der Waals surface area (Å²) < 4.78 is 0. The smallest absolute Gasteiger partial charge is 0.195 e. The van der Waals surface area contributed by atoms with Gasteiger partial charge in [0.2, 0.25) is 0 Å². The zero-order valence-corrected chi connectivity index (χ0v) is 15.1. The molecule has 0 aromatic heterocycles. The second-order valence-electron chi connectivity index (χ2n) is 6.89. The Morgan fingerprint density at radius 3 is 2.00 bits per heavy atom. The molecule has 0 bridgehead atoms. The summed E-state index contributed by atoms with van der Waals surface area (Å²) >= 11 is 0. The Balaban J connectivity index is 2.13. The number of fused-ring (bicyclic) bond motifs is 1. The van der Waals surface area contributed by atoms with E-state index in [1.165, 1.54) is 0 Å². The molecule has 0 unspecified atom stereocenters. The van der Waals surface area contributed by atoms with Crippen molar-refractivity contribution in [2.24, 2.45) is 0 Å². The highest BCUT2D eigenvalue weighted by Crippen LogP contribution is 2.45. The van der Waals surface area contributed by atoms with Crippen molar-refractivity contribution >= 4 is 16.9 Å². The van der Waals surface area contributed by atoms with Crippen LogP contribution in [0.25, 0.3) is 11.1 Å². The average Bonchev–Trinajstić information content (AvgIpc) is 2.88. The predicted molar refractivity (Wildman–Crippen MR) is 105 cm³/mol. The van der Waals surface area contributed by atoms with E-state index in [0.717, 1.165) is 44.5 Å². The van der Waals surface area contributed by atoms with Crippen molar-refractivity contribution in [1.29, 1.82) is 0 Å². The fraction of sp³-hybridized carbons (Fsp3) is 0.125. The van der Waals surface area contributed by atoms with Crippen molar-refractivity contribution in [2.45, 2.75) is 20.8 Å². The van der Waals surface area contributed by atoms with Crippen molar-refractivity contribution in [1.82, 2.24) is 0 Å². The average molecular weight is 340 g/mol. The van der Waals surface area contributed by atoms with Crippen LogP contribution in [0.1, 0.15) is 43.7 Å². The molecule has 0 saturated carbocycles. The fourth-order valence-corrected chi connectivity index (χ4v) is 3.90. The number of allylic oxidation sites excluding steroid dienone is 1. The van der Waals surface area contributed by atoms with E-state index in [1.54, 1.807) is 12.1 Å². The lowest BCUT2D eigenvalue weighted by Crippen LogP contribution is -2.01. The molecule has 0 atom stereocenters. The number of rotatable bonds is 2. The molecule has 1 N–H and O–H groups in total. The normalized spacial score (nSPS) is 13.3. The Labute approximate surface area is 153 Å². The largest absolute Gasteiger partial charge is 0.508 e. The number of benzene rings is 3. The van der Waals surface area contributed by atoms with Crippen molar-refractivity contribution in [3.8, 4) is 5.75 Å². The van der Waals surface area contributed by atoms with Crippen LogP contribution in [0.3, 0.4) is 0 Å². The molecular weight excluding hydrogens is 320 g/mol. The molecule has 0 fully saturated rings. The van der Waals surface area contributed by atoms with Gasteiger partial charge in [-0.05, 0) is 72.4 Å². The summed E-state index contributed by atoms with van der Waals surface area (Å²) in [6, 6.07) is 19.3. The maximum absolute atomic E-state index is 13.3. The van der Waals surface area contributed by atoms with Crippen LogP contribution in [0.4, 0.5) is 0 Å². The first kappa shape index (κ1) is 16.3. The highest BCUT2D eigenvalue weighted by molar-refractivity contribution is 6.42. The van der Waals surface area contributed by atoms with Crippen LogP contribution in [-0.2, 0) is 0 Å². The zero-order chi connectivity index (χ0) is 18.4. The third kappa shape index (κ3) is 2.38. The number of carbonyl (C=O) groups is 1. The number of aryl methyl sites for hydroxylation is 3. The van der Waals surface area contributed by atoms with E-state index in [4.69, 9.17) is 0 Å². The Bertz CT molecular complexity index is 1070. The minimum absolute atomic E-state index is 0.0251. The SMILES string of the molecule is Cc1ccccc1C1=C(c2c(C)cccc2C)c2ccc(O)cc2C1=O. The maximum atomic E-state index is 13.3. The number of ketones is 1. The summed E-state index contributed by atoms with van der Waals surface area (Å²) in [6.07, 6.45) is 0. The molecule has 0 saturated heterocycles. The first-order valence-electron chi connectivity index (χ1n) is 8.74. The summed E-state index contributed by atoms with van der Waals surface area (Å²) in [5, 5.41) is 9.92. The molecule has 1 aliphatic rings. The van der Waals surface area contributed by atoms with Crippen molar-refractivity contribution in [3.05, 3.63) is 99.6 Å². The van der Waals surface area contributed by atoms with Crippen LogP contribution < -0.4 is 0 Å². The molecule has 128 valence electrons. The van der Waals surface area contributed by atoms with E-state index in [9.17, 15) is 9.90 Å². The van der Waals surface area contributed by atoms with Gasteiger partial charge in [0.05, 0.1) is 0 Å². The molecule has 2 nitrogen and oxygen atoms in total. The molecule has 0 heterocycles. The first-order chi connectivity index (χ1) is 12.5. The number of Topliss-reactive ketones (excluding diaryl/α,β-unsaturated/α-hetero) is 1. The van der Waals surface area contributed by atoms with Crippen LogP contribution in [0, 0.1) is 20.8 Å². The quantitative estimate of drug-likeness (QED) is 0.671. The molecule has 3 aromatic carbocycles. The van der Waals surface area contributed by atoms with Gasteiger partial charge < -0.3 is 5.11 Å². The minimum Gasteiger partial charge on any atom is -0.508 e. The van der Waals surface area contributed by atoms with Gasteiger partial charge in [0, 0.05) is 16.7 Å². The number of hydrogen-bond donors (Lipinski definition) is 1.